The molecular weight excluding hydrogens is 428 g/mol. The largest absolute Gasteiger partial charge is 0.478 e. The Morgan fingerprint density at radius 3 is 2.38 bits per heavy atom. The number of nitrogens with zero attached hydrogens (tertiary/aromatic N) is 2. The first-order chi connectivity index (χ1) is 15.2. The van der Waals surface area contributed by atoms with E-state index in [4.69, 9.17) is 0 Å². The number of para-hydroxylation sites is 1. The SMILES string of the molecule is CS(=O)(=O)c1ccc(/C=C/c2nc3ccccc3c(=O)n2-c2cccc(C(=O)O)c2)cc1. The number of hydrogen-bond acceptors (Lipinski definition) is 5. The third-order valence-electron chi connectivity index (χ3n) is 4.89. The van der Waals surface area contributed by atoms with E-state index in [9.17, 15) is 23.1 Å². The molecule has 1 heterocycles. The van der Waals surface area contributed by atoms with Crippen molar-refractivity contribution in [2.24, 2.45) is 0 Å². The molecule has 3 aromatic carbocycles. The van der Waals surface area contributed by atoms with Crippen LogP contribution in [0.1, 0.15) is 21.7 Å². The quantitative estimate of drug-likeness (QED) is 0.501. The summed E-state index contributed by atoms with van der Waals surface area (Å²) in [5, 5.41) is 9.74. The van der Waals surface area contributed by atoms with E-state index in [0.717, 1.165) is 6.26 Å². The fourth-order valence-electron chi connectivity index (χ4n) is 3.29. The summed E-state index contributed by atoms with van der Waals surface area (Å²) >= 11 is 0. The standard InChI is InChI=1S/C24H18N2O5S/c1-32(30,31)19-12-9-16(10-13-19)11-14-22-25-21-8-3-2-7-20(21)23(27)26(22)18-6-4-5-17(15-18)24(28)29/h2-15H,1H3,(H,28,29)/b14-11+. The van der Waals surface area contributed by atoms with Gasteiger partial charge in [-0.2, -0.15) is 0 Å². The molecule has 0 amide bonds. The van der Waals surface area contributed by atoms with E-state index in [0.29, 0.717) is 28.0 Å². The lowest BCUT2D eigenvalue weighted by Gasteiger charge is -2.12. The highest BCUT2D eigenvalue weighted by Gasteiger charge is 2.13. The Bertz CT molecular complexity index is 1540. The Hall–Kier alpha value is -4.04. The zero-order valence-corrected chi connectivity index (χ0v) is 17.8. The van der Waals surface area contributed by atoms with Crippen molar-refractivity contribution < 1.29 is 18.3 Å². The normalized spacial score (nSPS) is 11.8. The molecule has 7 nitrogen and oxygen atoms in total. The lowest BCUT2D eigenvalue weighted by atomic mass is 10.1. The van der Waals surface area contributed by atoms with Gasteiger partial charge >= 0.3 is 5.97 Å². The number of carboxylic acids is 1. The molecule has 0 bridgehead atoms. The maximum Gasteiger partial charge on any atom is 0.335 e. The van der Waals surface area contributed by atoms with Crippen LogP contribution in [0.2, 0.25) is 0 Å². The van der Waals surface area contributed by atoms with Gasteiger partial charge in [-0.1, -0.05) is 36.4 Å². The number of fused-ring (bicyclic) bond motifs is 1. The molecule has 0 saturated carbocycles. The summed E-state index contributed by atoms with van der Waals surface area (Å²) in [4.78, 5) is 29.5. The maximum atomic E-state index is 13.3. The van der Waals surface area contributed by atoms with Crippen molar-refractivity contribution in [3.05, 3.63) is 100 Å². The van der Waals surface area contributed by atoms with Gasteiger partial charge in [0, 0.05) is 6.26 Å². The van der Waals surface area contributed by atoms with Crippen molar-refractivity contribution in [1.29, 1.82) is 0 Å². The number of carbonyl (C=O) groups is 1. The molecule has 0 spiro atoms. The van der Waals surface area contributed by atoms with Gasteiger partial charge < -0.3 is 5.11 Å². The minimum Gasteiger partial charge on any atom is -0.478 e. The lowest BCUT2D eigenvalue weighted by molar-refractivity contribution is 0.0697. The number of rotatable bonds is 5. The van der Waals surface area contributed by atoms with Crippen LogP contribution in [0.15, 0.2) is 82.5 Å². The summed E-state index contributed by atoms with van der Waals surface area (Å²) < 4.78 is 24.7. The number of sulfone groups is 1. The Morgan fingerprint density at radius 2 is 1.69 bits per heavy atom. The van der Waals surface area contributed by atoms with Crippen LogP contribution >= 0.6 is 0 Å². The Labute approximate surface area is 183 Å². The van der Waals surface area contributed by atoms with Crippen LogP contribution in [0.25, 0.3) is 28.7 Å². The number of carboxylic acid groups (broad SMARTS) is 1. The van der Waals surface area contributed by atoms with Crippen molar-refractivity contribution in [2.45, 2.75) is 4.90 Å². The summed E-state index contributed by atoms with van der Waals surface area (Å²) in [5.74, 6) is -0.792. The van der Waals surface area contributed by atoms with Crippen LogP contribution in [0, 0.1) is 0 Å². The van der Waals surface area contributed by atoms with Crippen molar-refractivity contribution in [3.63, 3.8) is 0 Å². The van der Waals surface area contributed by atoms with Gasteiger partial charge in [-0.05, 0) is 54.1 Å². The molecule has 0 aliphatic carbocycles. The second-order valence-electron chi connectivity index (χ2n) is 7.16. The van der Waals surface area contributed by atoms with E-state index in [-0.39, 0.29) is 16.0 Å². The van der Waals surface area contributed by atoms with Crippen LogP contribution in [0.5, 0.6) is 0 Å². The second-order valence-corrected chi connectivity index (χ2v) is 9.17. The molecular formula is C24H18N2O5S. The van der Waals surface area contributed by atoms with E-state index in [1.54, 1.807) is 60.7 Å². The average Bonchev–Trinajstić information content (AvgIpc) is 2.77. The predicted molar refractivity (Wildman–Crippen MR) is 123 cm³/mol. The van der Waals surface area contributed by atoms with Gasteiger partial charge in [0.1, 0.15) is 5.82 Å². The molecule has 0 unspecified atom stereocenters. The maximum absolute atomic E-state index is 13.3. The molecule has 0 radical (unpaired) electrons. The molecule has 0 aliphatic heterocycles. The number of aromatic nitrogens is 2. The van der Waals surface area contributed by atoms with Crippen LogP contribution in [0.4, 0.5) is 0 Å². The van der Waals surface area contributed by atoms with Crippen LogP contribution in [-0.4, -0.2) is 35.3 Å². The van der Waals surface area contributed by atoms with Gasteiger partial charge in [0.05, 0.1) is 27.0 Å². The fraction of sp³-hybridized carbons (Fsp3) is 0.0417. The van der Waals surface area contributed by atoms with Crippen molar-refractivity contribution >= 4 is 38.9 Å². The van der Waals surface area contributed by atoms with Crippen LogP contribution in [0.3, 0.4) is 0 Å². The van der Waals surface area contributed by atoms with Gasteiger partial charge in [0.2, 0.25) is 0 Å². The molecule has 0 aliphatic rings. The first-order valence-corrected chi connectivity index (χ1v) is 11.5. The molecule has 4 rings (SSSR count). The zero-order valence-electron chi connectivity index (χ0n) is 17.0. The lowest BCUT2D eigenvalue weighted by Crippen LogP contribution is -2.22. The number of hydrogen-bond donors (Lipinski definition) is 1. The summed E-state index contributed by atoms with van der Waals surface area (Å²) in [6.07, 6.45) is 4.48. The smallest absolute Gasteiger partial charge is 0.335 e. The summed E-state index contributed by atoms with van der Waals surface area (Å²) in [6, 6.07) is 19.3. The molecule has 32 heavy (non-hydrogen) atoms. The molecule has 1 N–H and O–H groups in total. The number of aromatic carboxylic acids is 1. The van der Waals surface area contributed by atoms with E-state index in [1.807, 2.05) is 0 Å². The van der Waals surface area contributed by atoms with Gasteiger partial charge in [-0.3, -0.25) is 9.36 Å². The van der Waals surface area contributed by atoms with Gasteiger partial charge in [0.25, 0.3) is 5.56 Å². The third-order valence-corrected chi connectivity index (χ3v) is 6.01. The molecule has 0 saturated heterocycles. The highest BCUT2D eigenvalue weighted by Crippen LogP contribution is 2.17. The highest BCUT2D eigenvalue weighted by atomic mass is 32.2. The summed E-state index contributed by atoms with van der Waals surface area (Å²) in [7, 11) is -3.30. The first kappa shape index (κ1) is 21.2. The Morgan fingerprint density at radius 1 is 0.969 bits per heavy atom. The van der Waals surface area contributed by atoms with Crippen LogP contribution in [-0.2, 0) is 9.84 Å². The predicted octanol–water partition coefficient (Wildman–Crippen LogP) is 3.66. The van der Waals surface area contributed by atoms with E-state index < -0.39 is 15.8 Å². The van der Waals surface area contributed by atoms with Gasteiger partial charge in [-0.25, -0.2) is 18.2 Å². The molecule has 160 valence electrons. The molecule has 1 aromatic heterocycles. The highest BCUT2D eigenvalue weighted by molar-refractivity contribution is 7.90. The van der Waals surface area contributed by atoms with Crippen molar-refractivity contribution in [3.8, 4) is 5.69 Å². The molecule has 0 fully saturated rings. The van der Waals surface area contributed by atoms with E-state index in [2.05, 4.69) is 4.98 Å². The zero-order chi connectivity index (χ0) is 22.9. The first-order valence-electron chi connectivity index (χ1n) is 9.58. The van der Waals surface area contributed by atoms with E-state index >= 15 is 0 Å². The topological polar surface area (TPSA) is 106 Å². The fourth-order valence-corrected chi connectivity index (χ4v) is 3.92. The minimum absolute atomic E-state index is 0.0499. The van der Waals surface area contributed by atoms with E-state index in [1.165, 1.54) is 28.8 Å². The van der Waals surface area contributed by atoms with Crippen LogP contribution < -0.4 is 5.56 Å². The minimum atomic E-state index is -3.30. The third kappa shape index (κ3) is 4.21. The molecule has 0 atom stereocenters. The second kappa shape index (κ2) is 8.24. The molecule has 8 heteroatoms. The summed E-state index contributed by atoms with van der Waals surface area (Å²) in [6.45, 7) is 0. The van der Waals surface area contributed by atoms with Gasteiger partial charge in [0.15, 0.2) is 9.84 Å². The Kier molecular flexibility index (Phi) is 5.46. The van der Waals surface area contributed by atoms with Gasteiger partial charge in [-0.15, -0.1) is 0 Å². The molecule has 4 aromatic rings. The average molecular weight is 446 g/mol. The van der Waals surface area contributed by atoms with Crippen molar-refractivity contribution in [2.75, 3.05) is 6.26 Å². The summed E-state index contributed by atoms with van der Waals surface area (Å²) in [5.41, 5.74) is 1.32. The number of benzene rings is 3. The van der Waals surface area contributed by atoms with Crippen molar-refractivity contribution in [1.82, 2.24) is 9.55 Å². The monoisotopic (exact) mass is 446 g/mol. The Balaban J connectivity index is 1.88.